The maximum atomic E-state index is 13.7. The minimum absolute atomic E-state index is 0.0318. The smallest absolute Gasteiger partial charge is 0.123 e. The molecule has 0 aliphatic heterocycles. The fourth-order valence-corrected chi connectivity index (χ4v) is 5.52. The highest BCUT2D eigenvalue weighted by atomic mass is 28.3. The van der Waals surface area contributed by atoms with Crippen LogP contribution in [-0.2, 0) is 6.42 Å². The number of halogens is 1. The van der Waals surface area contributed by atoms with Gasteiger partial charge in [0.2, 0.25) is 0 Å². The van der Waals surface area contributed by atoms with Gasteiger partial charge in [0, 0.05) is 15.9 Å². The summed E-state index contributed by atoms with van der Waals surface area (Å²) in [6.07, 6.45) is 9.43. The second kappa shape index (κ2) is 7.41. The zero-order chi connectivity index (χ0) is 20.5. The standard InChI is InChI=1S/C22H30FNSi/c1-16-12-19(23)10-11-20(16)21-14-18(13-17-8-6-5-7-9-17)22(15-24-21)25(2,3)4/h10-12,14-15,17H,5-9,13H2,1-4H3/i1D3. The van der Waals surface area contributed by atoms with Gasteiger partial charge in [-0.1, -0.05) is 51.7 Å². The van der Waals surface area contributed by atoms with Crippen molar-refractivity contribution in [1.82, 2.24) is 4.98 Å². The van der Waals surface area contributed by atoms with Crippen LogP contribution in [0.1, 0.15) is 47.3 Å². The van der Waals surface area contributed by atoms with Crippen molar-refractivity contribution in [3.63, 3.8) is 0 Å². The Labute approximate surface area is 156 Å². The Bertz CT molecular complexity index is 837. The van der Waals surface area contributed by atoms with Crippen molar-refractivity contribution >= 4 is 13.3 Å². The van der Waals surface area contributed by atoms with E-state index < -0.39 is 20.7 Å². The predicted octanol–water partition coefficient (Wildman–Crippen LogP) is 5.86. The van der Waals surface area contributed by atoms with Crippen LogP contribution in [-0.4, -0.2) is 13.1 Å². The molecule has 1 heterocycles. The van der Waals surface area contributed by atoms with E-state index in [4.69, 9.17) is 4.11 Å². The van der Waals surface area contributed by atoms with Crippen molar-refractivity contribution in [3.8, 4) is 11.3 Å². The fraction of sp³-hybridized carbons (Fsp3) is 0.500. The molecule has 0 radical (unpaired) electrons. The third-order valence-electron chi connectivity index (χ3n) is 5.29. The van der Waals surface area contributed by atoms with Gasteiger partial charge in [-0.3, -0.25) is 4.98 Å². The molecule has 0 unspecified atom stereocenters. The molecule has 134 valence electrons. The van der Waals surface area contributed by atoms with Gasteiger partial charge in [0.25, 0.3) is 0 Å². The average molecular weight is 359 g/mol. The zero-order valence-corrected chi connectivity index (χ0v) is 16.5. The number of benzene rings is 1. The van der Waals surface area contributed by atoms with Gasteiger partial charge in [0.15, 0.2) is 0 Å². The minimum Gasteiger partial charge on any atom is -0.256 e. The number of hydrogen-bond acceptors (Lipinski definition) is 1. The summed E-state index contributed by atoms with van der Waals surface area (Å²) in [7, 11) is -1.58. The molecule has 3 rings (SSSR count). The number of nitrogens with zero attached hydrogens (tertiary/aromatic N) is 1. The van der Waals surface area contributed by atoms with Crippen LogP contribution in [0.2, 0.25) is 19.6 Å². The number of aryl methyl sites for hydroxylation is 1. The Hall–Kier alpha value is -1.48. The number of hydrogen-bond donors (Lipinski definition) is 0. The summed E-state index contributed by atoms with van der Waals surface area (Å²) in [6.45, 7) is 4.58. The molecule has 1 nitrogen and oxygen atoms in total. The van der Waals surface area contributed by atoms with E-state index >= 15 is 0 Å². The third-order valence-corrected chi connectivity index (χ3v) is 7.35. The maximum absolute atomic E-state index is 13.7. The molecule has 0 amide bonds. The van der Waals surface area contributed by atoms with Crippen LogP contribution in [0.5, 0.6) is 0 Å². The maximum Gasteiger partial charge on any atom is 0.123 e. The number of rotatable bonds is 4. The first-order valence-corrected chi connectivity index (χ1v) is 12.9. The molecule has 3 heteroatoms. The van der Waals surface area contributed by atoms with Crippen molar-refractivity contribution in [1.29, 1.82) is 0 Å². The lowest BCUT2D eigenvalue weighted by atomic mass is 9.85. The van der Waals surface area contributed by atoms with Gasteiger partial charge in [-0.05, 0) is 59.8 Å². The molecule has 0 spiro atoms. The molecule has 1 saturated carbocycles. The zero-order valence-electron chi connectivity index (χ0n) is 18.5. The Morgan fingerprint density at radius 3 is 2.60 bits per heavy atom. The molecule has 2 aromatic rings. The summed E-state index contributed by atoms with van der Waals surface area (Å²) < 4.78 is 37.2. The van der Waals surface area contributed by atoms with Crippen molar-refractivity contribution in [2.45, 2.75) is 65.0 Å². The lowest BCUT2D eigenvalue weighted by Crippen LogP contribution is -2.41. The van der Waals surface area contributed by atoms with Gasteiger partial charge in [-0.25, -0.2) is 4.39 Å². The fourth-order valence-electron chi connectivity index (χ4n) is 3.93. The Morgan fingerprint density at radius 2 is 1.92 bits per heavy atom. The highest BCUT2D eigenvalue weighted by Gasteiger charge is 2.24. The van der Waals surface area contributed by atoms with Crippen LogP contribution in [0.3, 0.4) is 0 Å². The van der Waals surface area contributed by atoms with Gasteiger partial charge in [0.05, 0.1) is 13.8 Å². The average Bonchev–Trinajstić information content (AvgIpc) is 2.61. The van der Waals surface area contributed by atoms with Crippen LogP contribution in [0, 0.1) is 18.6 Å². The van der Waals surface area contributed by atoms with E-state index in [1.807, 2.05) is 6.20 Å². The van der Waals surface area contributed by atoms with E-state index in [-0.39, 0.29) is 5.56 Å². The lowest BCUT2D eigenvalue weighted by molar-refractivity contribution is 0.357. The summed E-state index contributed by atoms with van der Waals surface area (Å²) in [4.78, 5) is 4.64. The van der Waals surface area contributed by atoms with E-state index in [1.165, 1.54) is 48.9 Å². The molecule has 0 saturated heterocycles. The van der Waals surface area contributed by atoms with E-state index in [1.54, 1.807) is 6.07 Å². The molecule has 1 aromatic heterocycles. The summed E-state index contributed by atoms with van der Waals surface area (Å²) in [5, 5.41) is 1.35. The van der Waals surface area contributed by atoms with Crippen LogP contribution < -0.4 is 5.19 Å². The number of aromatic nitrogens is 1. The molecular formula is C22H30FNSi. The predicted molar refractivity (Wildman–Crippen MR) is 108 cm³/mol. The molecule has 0 atom stereocenters. The van der Waals surface area contributed by atoms with E-state index in [9.17, 15) is 4.39 Å². The topological polar surface area (TPSA) is 12.9 Å². The molecule has 0 N–H and O–H groups in total. The Morgan fingerprint density at radius 1 is 1.16 bits per heavy atom. The SMILES string of the molecule is [2H]C([2H])([2H])c1cc(F)ccc1-c1cc(CC2CCCCC2)c([Si](C)(C)C)cn1. The Kier molecular flexibility index (Phi) is 4.34. The largest absolute Gasteiger partial charge is 0.256 e. The lowest BCUT2D eigenvalue weighted by Gasteiger charge is -2.26. The van der Waals surface area contributed by atoms with E-state index in [2.05, 4.69) is 30.7 Å². The van der Waals surface area contributed by atoms with Gasteiger partial charge in [-0.15, -0.1) is 0 Å². The molecule has 1 aliphatic carbocycles. The van der Waals surface area contributed by atoms with E-state index in [0.717, 1.165) is 12.5 Å². The van der Waals surface area contributed by atoms with Crippen molar-refractivity contribution < 1.29 is 8.50 Å². The molecule has 1 aromatic carbocycles. The first-order chi connectivity index (χ1) is 13.1. The second-order valence-corrected chi connectivity index (χ2v) is 13.4. The van der Waals surface area contributed by atoms with Crippen LogP contribution in [0.25, 0.3) is 11.3 Å². The summed E-state index contributed by atoms with van der Waals surface area (Å²) in [6, 6.07) is 6.07. The Balaban J connectivity index is 2.07. The quantitative estimate of drug-likeness (QED) is 0.623. The molecular weight excluding hydrogens is 325 g/mol. The van der Waals surface area contributed by atoms with Gasteiger partial charge in [0.1, 0.15) is 5.82 Å². The third kappa shape index (κ3) is 4.38. The highest BCUT2D eigenvalue weighted by molar-refractivity contribution is 6.89. The molecule has 1 fully saturated rings. The normalized spacial score (nSPS) is 18.5. The van der Waals surface area contributed by atoms with Crippen molar-refractivity contribution in [2.24, 2.45) is 5.92 Å². The first kappa shape index (κ1) is 14.7. The van der Waals surface area contributed by atoms with Gasteiger partial charge < -0.3 is 0 Å². The minimum atomic E-state index is -2.37. The van der Waals surface area contributed by atoms with Gasteiger partial charge >= 0.3 is 0 Å². The second-order valence-electron chi connectivity index (χ2n) is 8.37. The van der Waals surface area contributed by atoms with Crippen LogP contribution in [0.4, 0.5) is 4.39 Å². The molecule has 25 heavy (non-hydrogen) atoms. The highest BCUT2D eigenvalue weighted by Crippen LogP contribution is 2.29. The summed E-state index contributed by atoms with van der Waals surface area (Å²) in [5.41, 5.74) is 2.48. The van der Waals surface area contributed by atoms with Gasteiger partial charge in [-0.2, -0.15) is 0 Å². The van der Waals surface area contributed by atoms with Crippen LogP contribution in [0.15, 0.2) is 30.5 Å². The molecule has 0 bridgehead atoms. The summed E-state index contributed by atoms with van der Waals surface area (Å²) in [5.74, 6) is 0.158. The first-order valence-electron chi connectivity index (χ1n) is 10.9. The monoisotopic (exact) mass is 358 g/mol. The molecule has 1 aliphatic rings. The van der Waals surface area contributed by atoms with E-state index in [0.29, 0.717) is 17.2 Å². The summed E-state index contributed by atoms with van der Waals surface area (Å²) >= 11 is 0. The van der Waals surface area contributed by atoms with Crippen molar-refractivity contribution in [2.75, 3.05) is 0 Å². The van der Waals surface area contributed by atoms with Crippen molar-refractivity contribution in [3.05, 3.63) is 47.4 Å². The van der Waals surface area contributed by atoms with Crippen LogP contribution >= 0.6 is 0 Å². The number of pyridine rings is 1.